The number of aryl methyl sites for hydroxylation is 1. The Morgan fingerprint density at radius 1 is 1.67 bits per heavy atom. The van der Waals surface area contributed by atoms with Crippen LogP contribution in [0.4, 0.5) is 5.00 Å². The Morgan fingerprint density at radius 3 is 2.33 bits per heavy atom. The van der Waals surface area contributed by atoms with Crippen LogP contribution in [0.5, 0.6) is 0 Å². The third kappa shape index (κ3) is 1.71. The summed E-state index contributed by atoms with van der Waals surface area (Å²) in [6, 6.07) is 0. The van der Waals surface area contributed by atoms with E-state index in [2.05, 4.69) is 4.37 Å². The van der Waals surface area contributed by atoms with Crippen LogP contribution in [0.15, 0.2) is 0 Å². The summed E-state index contributed by atoms with van der Waals surface area (Å²) in [7, 11) is 0. The molecule has 0 aromatic carbocycles. The molecule has 0 aliphatic heterocycles. The average Bonchev–Trinajstić information content (AvgIpc) is 1.98. The Bertz CT molecular complexity index is 179. The molecule has 1 heterocycles. The van der Waals surface area contributed by atoms with Gasteiger partial charge in [-0.25, -0.2) is 0 Å². The van der Waals surface area contributed by atoms with Gasteiger partial charge < -0.3 is 5.73 Å². The first-order valence-corrected chi connectivity index (χ1v) is 3.24. The van der Waals surface area contributed by atoms with Gasteiger partial charge in [-0.05, 0) is 18.5 Å². The highest BCUT2D eigenvalue weighted by Crippen LogP contribution is 2.25. The lowest BCUT2D eigenvalue weighted by molar-refractivity contribution is 1.35. The van der Waals surface area contributed by atoms with Gasteiger partial charge in [0.2, 0.25) is 0 Å². The monoisotopic (exact) mass is 184 g/mol. The summed E-state index contributed by atoms with van der Waals surface area (Å²) in [5.41, 5.74) is 6.18. The Labute approximate surface area is 68.6 Å². The maximum atomic E-state index is 5.62. The molecule has 0 aliphatic rings. The van der Waals surface area contributed by atoms with Crippen LogP contribution >= 0.6 is 35.5 Å². The molecule has 0 atom stereocenters. The molecule has 2 nitrogen and oxygen atoms in total. The van der Waals surface area contributed by atoms with Gasteiger partial charge >= 0.3 is 0 Å². The predicted octanol–water partition coefficient (Wildman–Crippen LogP) is 2.11. The highest BCUT2D eigenvalue weighted by Gasteiger charge is 2.01. The molecular formula is C4H6Cl2N2S. The topological polar surface area (TPSA) is 38.9 Å². The molecule has 0 saturated carbocycles. The third-order valence-corrected chi connectivity index (χ3v) is 2.17. The molecule has 2 N–H and O–H groups in total. The number of hydrogen-bond acceptors (Lipinski definition) is 3. The van der Waals surface area contributed by atoms with Gasteiger partial charge in [0, 0.05) is 0 Å². The van der Waals surface area contributed by atoms with Crippen molar-refractivity contribution in [2.75, 3.05) is 5.73 Å². The van der Waals surface area contributed by atoms with Gasteiger partial charge in [-0.1, -0.05) is 11.6 Å². The molecule has 5 heteroatoms. The zero-order chi connectivity index (χ0) is 6.15. The molecule has 52 valence electrons. The van der Waals surface area contributed by atoms with Crippen molar-refractivity contribution in [1.29, 1.82) is 0 Å². The molecule has 0 radical (unpaired) electrons. The summed E-state index contributed by atoms with van der Waals surface area (Å²) >= 11 is 6.84. The van der Waals surface area contributed by atoms with Crippen molar-refractivity contribution in [1.82, 2.24) is 4.37 Å². The van der Waals surface area contributed by atoms with E-state index in [0.29, 0.717) is 10.0 Å². The van der Waals surface area contributed by atoms with E-state index in [0.717, 1.165) is 5.69 Å². The number of aromatic nitrogens is 1. The van der Waals surface area contributed by atoms with Crippen LogP contribution < -0.4 is 5.73 Å². The molecule has 0 spiro atoms. The zero-order valence-corrected chi connectivity index (χ0v) is 7.11. The highest BCUT2D eigenvalue weighted by molar-refractivity contribution is 7.10. The molecule has 1 rings (SSSR count). The molecule has 0 unspecified atom stereocenters. The summed E-state index contributed by atoms with van der Waals surface area (Å²) in [5.74, 6) is 0. The van der Waals surface area contributed by atoms with Crippen molar-refractivity contribution in [3.63, 3.8) is 0 Å². The van der Waals surface area contributed by atoms with Gasteiger partial charge in [-0.15, -0.1) is 12.4 Å². The average molecular weight is 185 g/mol. The lowest BCUT2D eigenvalue weighted by atomic mass is 10.5. The second kappa shape index (κ2) is 3.25. The first kappa shape index (κ1) is 9.01. The first-order chi connectivity index (χ1) is 3.72. The summed E-state index contributed by atoms with van der Waals surface area (Å²) in [4.78, 5) is 0. The Balaban J connectivity index is 0.000000640. The van der Waals surface area contributed by atoms with Gasteiger partial charge in [-0.2, -0.15) is 4.37 Å². The maximum absolute atomic E-state index is 5.62. The Hall–Kier alpha value is 0.01000. The van der Waals surface area contributed by atoms with E-state index >= 15 is 0 Å². The Morgan fingerprint density at radius 2 is 2.22 bits per heavy atom. The lowest BCUT2D eigenvalue weighted by Gasteiger charge is -1.81. The first-order valence-electron chi connectivity index (χ1n) is 2.09. The molecule has 0 bridgehead atoms. The number of hydrogen-bond donors (Lipinski definition) is 1. The number of nitrogen functional groups attached to an aromatic ring is 1. The fraction of sp³-hybridized carbons (Fsp3) is 0.250. The predicted molar refractivity (Wildman–Crippen MR) is 43.5 cm³/mol. The molecule has 0 amide bonds. The summed E-state index contributed by atoms with van der Waals surface area (Å²) in [5, 5.41) is 1.19. The minimum absolute atomic E-state index is 0. The fourth-order valence-electron chi connectivity index (χ4n) is 0.376. The zero-order valence-electron chi connectivity index (χ0n) is 4.72. The van der Waals surface area contributed by atoms with Crippen molar-refractivity contribution >= 4 is 40.5 Å². The van der Waals surface area contributed by atoms with Crippen LogP contribution in [0, 0.1) is 6.92 Å². The van der Waals surface area contributed by atoms with Crippen LogP contribution in [0.25, 0.3) is 0 Å². The van der Waals surface area contributed by atoms with Crippen LogP contribution in [-0.4, -0.2) is 4.37 Å². The summed E-state index contributed by atoms with van der Waals surface area (Å²) in [6.45, 7) is 1.83. The van der Waals surface area contributed by atoms with Crippen LogP contribution in [0.1, 0.15) is 5.69 Å². The van der Waals surface area contributed by atoms with E-state index in [1.54, 1.807) is 0 Å². The van der Waals surface area contributed by atoms with Crippen molar-refractivity contribution in [2.45, 2.75) is 6.92 Å². The van der Waals surface area contributed by atoms with E-state index in [4.69, 9.17) is 17.3 Å². The quantitative estimate of drug-likeness (QED) is 0.672. The summed E-state index contributed by atoms with van der Waals surface area (Å²) < 4.78 is 3.90. The highest BCUT2D eigenvalue weighted by atomic mass is 35.5. The SMILES string of the molecule is Cc1nsc(N)c1Cl.Cl. The van der Waals surface area contributed by atoms with Gasteiger partial charge in [0.15, 0.2) is 0 Å². The van der Waals surface area contributed by atoms with Gasteiger partial charge in [0.1, 0.15) is 5.00 Å². The number of halogens is 2. The fourth-order valence-corrected chi connectivity index (χ4v) is 1.13. The van der Waals surface area contributed by atoms with Crippen LogP contribution in [0.3, 0.4) is 0 Å². The summed E-state index contributed by atoms with van der Waals surface area (Å²) in [6.07, 6.45) is 0. The van der Waals surface area contributed by atoms with E-state index in [1.165, 1.54) is 11.5 Å². The van der Waals surface area contributed by atoms with Crippen molar-refractivity contribution in [3.05, 3.63) is 10.7 Å². The second-order valence-electron chi connectivity index (χ2n) is 1.45. The molecule has 0 saturated heterocycles. The van der Waals surface area contributed by atoms with Crippen molar-refractivity contribution < 1.29 is 0 Å². The van der Waals surface area contributed by atoms with E-state index in [9.17, 15) is 0 Å². The van der Waals surface area contributed by atoms with Crippen molar-refractivity contribution in [3.8, 4) is 0 Å². The van der Waals surface area contributed by atoms with Gasteiger partial charge in [0.25, 0.3) is 0 Å². The van der Waals surface area contributed by atoms with E-state index < -0.39 is 0 Å². The molecule has 9 heavy (non-hydrogen) atoms. The molecule has 0 aliphatic carbocycles. The molecule has 1 aromatic rings. The van der Waals surface area contributed by atoms with E-state index in [1.807, 2.05) is 6.92 Å². The molecule has 1 aromatic heterocycles. The van der Waals surface area contributed by atoms with Crippen LogP contribution in [-0.2, 0) is 0 Å². The smallest absolute Gasteiger partial charge is 0.125 e. The third-order valence-electron chi connectivity index (χ3n) is 0.815. The molecule has 0 fully saturated rings. The van der Waals surface area contributed by atoms with E-state index in [-0.39, 0.29) is 12.4 Å². The number of nitrogens with two attached hydrogens (primary N) is 1. The molecular weight excluding hydrogens is 179 g/mol. The normalized spacial score (nSPS) is 8.67. The van der Waals surface area contributed by atoms with Crippen LogP contribution in [0.2, 0.25) is 5.02 Å². The maximum Gasteiger partial charge on any atom is 0.125 e. The largest absolute Gasteiger partial charge is 0.388 e. The lowest BCUT2D eigenvalue weighted by Crippen LogP contribution is -1.77. The minimum Gasteiger partial charge on any atom is -0.388 e. The second-order valence-corrected chi connectivity index (χ2v) is 2.63. The van der Waals surface area contributed by atoms with Gasteiger partial charge in [0.05, 0.1) is 10.7 Å². The minimum atomic E-state index is 0. The van der Waals surface area contributed by atoms with Gasteiger partial charge in [-0.3, -0.25) is 0 Å². The number of nitrogens with zero attached hydrogens (tertiary/aromatic N) is 1. The number of anilines is 1. The standard InChI is InChI=1S/C4H5ClN2S.ClH/c1-2-3(5)4(6)8-7-2;/h6H2,1H3;1H. The van der Waals surface area contributed by atoms with Crippen molar-refractivity contribution in [2.24, 2.45) is 0 Å². The number of rotatable bonds is 0. The Kier molecular flexibility index (Phi) is 3.25.